The highest BCUT2D eigenvalue weighted by Crippen LogP contribution is 2.38. The number of aliphatic hydroxyl groups is 1. The van der Waals surface area contributed by atoms with Gasteiger partial charge in [0, 0.05) is 17.5 Å². The Morgan fingerprint density at radius 2 is 2.21 bits per heavy atom. The zero-order valence-corrected chi connectivity index (χ0v) is 12.1. The Hall–Kier alpha value is -1.22. The first-order valence-corrected chi connectivity index (χ1v) is 7.21. The van der Waals surface area contributed by atoms with Crippen molar-refractivity contribution in [1.82, 2.24) is 0 Å². The number of hydrogen-bond donors (Lipinski definition) is 1. The fourth-order valence-corrected chi connectivity index (χ4v) is 2.64. The van der Waals surface area contributed by atoms with Gasteiger partial charge in [0.1, 0.15) is 17.6 Å². The van der Waals surface area contributed by atoms with Crippen molar-refractivity contribution in [2.24, 2.45) is 0 Å². The number of ether oxygens (including phenoxy) is 2. The number of benzene rings is 1. The molecular formula is C16H24O3. The molecular weight excluding hydrogens is 240 g/mol. The van der Waals surface area contributed by atoms with Crippen LogP contribution in [-0.4, -0.2) is 18.3 Å². The minimum atomic E-state index is -0.466. The molecule has 0 aromatic heterocycles. The summed E-state index contributed by atoms with van der Waals surface area (Å²) >= 11 is 0. The molecule has 0 radical (unpaired) electrons. The van der Waals surface area contributed by atoms with Crippen LogP contribution < -0.4 is 9.47 Å². The number of fused-ring (bicyclic) bond motifs is 1. The van der Waals surface area contributed by atoms with Crippen molar-refractivity contribution < 1.29 is 14.6 Å². The summed E-state index contributed by atoms with van der Waals surface area (Å²) in [4.78, 5) is 0. The normalized spacial score (nSPS) is 18.8. The Morgan fingerprint density at radius 1 is 1.42 bits per heavy atom. The molecule has 0 aliphatic carbocycles. The van der Waals surface area contributed by atoms with Crippen molar-refractivity contribution in [3.05, 3.63) is 23.3 Å². The van der Waals surface area contributed by atoms with Gasteiger partial charge in [-0.05, 0) is 25.5 Å². The lowest BCUT2D eigenvalue weighted by Gasteiger charge is -2.16. The third-order valence-corrected chi connectivity index (χ3v) is 3.69. The lowest BCUT2D eigenvalue weighted by molar-refractivity contribution is 0.159. The average Bonchev–Trinajstić information content (AvgIpc) is 2.76. The number of aliphatic hydroxyl groups excluding tert-OH is 1. The number of rotatable bonds is 6. The van der Waals surface area contributed by atoms with Crippen molar-refractivity contribution in [2.75, 3.05) is 7.11 Å². The van der Waals surface area contributed by atoms with E-state index in [1.165, 1.54) is 5.56 Å². The summed E-state index contributed by atoms with van der Waals surface area (Å²) in [5.74, 6) is 1.68. The Bertz CT molecular complexity index is 428. The molecule has 2 atom stereocenters. The second kappa shape index (κ2) is 6.29. The third-order valence-electron chi connectivity index (χ3n) is 3.69. The van der Waals surface area contributed by atoms with Crippen molar-refractivity contribution in [1.29, 1.82) is 0 Å². The minimum Gasteiger partial charge on any atom is -0.496 e. The van der Waals surface area contributed by atoms with Crippen LogP contribution in [0.5, 0.6) is 11.5 Å². The molecule has 3 nitrogen and oxygen atoms in total. The molecule has 0 spiro atoms. The predicted octanol–water partition coefficient (Wildman–Crippen LogP) is 3.63. The maximum atomic E-state index is 10.3. The molecule has 0 bridgehead atoms. The van der Waals surface area contributed by atoms with Crippen LogP contribution in [0.2, 0.25) is 0 Å². The minimum absolute atomic E-state index is 0.215. The molecule has 3 heteroatoms. The Balaban J connectivity index is 2.17. The van der Waals surface area contributed by atoms with E-state index in [-0.39, 0.29) is 6.10 Å². The van der Waals surface area contributed by atoms with Gasteiger partial charge in [-0.2, -0.15) is 0 Å². The smallest absolute Gasteiger partial charge is 0.125 e. The zero-order valence-electron chi connectivity index (χ0n) is 12.1. The van der Waals surface area contributed by atoms with Gasteiger partial charge in [-0.25, -0.2) is 0 Å². The van der Waals surface area contributed by atoms with Crippen molar-refractivity contribution in [3.8, 4) is 11.5 Å². The third kappa shape index (κ3) is 3.21. The van der Waals surface area contributed by atoms with Crippen molar-refractivity contribution in [3.63, 3.8) is 0 Å². The molecule has 0 amide bonds. The fraction of sp³-hybridized carbons (Fsp3) is 0.625. The van der Waals surface area contributed by atoms with Crippen LogP contribution in [0.25, 0.3) is 0 Å². The van der Waals surface area contributed by atoms with Gasteiger partial charge in [-0.1, -0.05) is 26.2 Å². The predicted molar refractivity (Wildman–Crippen MR) is 75.9 cm³/mol. The highest BCUT2D eigenvalue weighted by Gasteiger charge is 2.23. The van der Waals surface area contributed by atoms with Crippen LogP contribution in [0.3, 0.4) is 0 Å². The maximum absolute atomic E-state index is 10.3. The van der Waals surface area contributed by atoms with E-state index < -0.39 is 6.10 Å². The molecule has 106 valence electrons. The highest BCUT2D eigenvalue weighted by molar-refractivity contribution is 5.49. The molecule has 0 saturated carbocycles. The topological polar surface area (TPSA) is 38.7 Å². The standard InChI is InChI=1S/C16H24O3/c1-4-5-6-7-14(17)13-10-15-12(8-11(2)19-15)9-16(13)18-3/h9-11,14,17H,4-8H2,1-3H3. The number of unbranched alkanes of at least 4 members (excludes halogenated alkanes) is 2. The summed E-state index contributed by atoms with van der Waals surface area (Å²) < 4.78 is 11.2. The first-order chi connectivity index (χ1) is 9.15. The molecule has 1 N–H and O–H groups in total. The Morgan fingerprint density at radius 3 is 2.89 bits per heavy atom. The van der Waals surface area contributed by atoms with Gasteiger partial charge < -0.3 is 14.6 Å². The van der Waals surface area contributed by atoms with Gasteiger partial charge in [0.05, 0.1) is 13.2 Å². The van der Waals surface area contributed by atoms with Crippen LogP contribution in [0.1, 0.15) is 56.8 Å². The lowest BCUT2D eigenvalue weighted by atomic mass is 9.99. The van der Waals surface area contributed by atoms with E-state index in [4.69, 9.17) is 9.47 Å². The van der Waals surface area contributed by atoms with E-state index in [1.54, 1.807) is 7.11 Å². The van der Waals surface area contributed by atoms with Crippen molar-refractivity contribution in [2.45, 2.75) is 58.2 Å². The molecule has 1 aromatic rings. The van der Waals surface area contributed by atoms with E-state index in [2.05, 4.69) is 13.8 Å². The van der Waals surface area contributed by atoms with E-state index in [9.17, 15) is 5.11 Å². The van der Waals surface area contributed by atoms with E-state index in [1.807, 2.05) is 12.1 Å². The van der Waals surface area contributed by atoms with Gasteiger partial charge in [0.2, 0.25) is 0 Å². The maximum Gasteiger partial charge on any atom is 0.125 e. The SMILES string of the molecule is CCCCCC(O)c1cc2c(cc1OC)CC(C)O2. The van der Waals surface area contributed by atoms with Crippen LogP contribution in [-0.2, 0) is 6.42 Å². The quantitative estimate of drug-likeness (QED) is 0.797. The summed E-state index contributed by atoms with van der Waals surface area (Å²) in [6, 6.07) is 3.96. The first-order valence-electron chi connectivity index (χ1n) is 7.21. The Kier molecular flexibility index (Phi) is 4.70. The summed E-state index contributed by atoms with van der Waals surface area (Å²) in [6.45, 7) is 4.22. The molecule has 0 fully saturated rings. The summed E-state index contributed by atoms with van der Waals surface area (Å²) in [5, 5.41) is 10.3. The van der Waals surface area contributed by atoms with E-state index >= 15 is 0 Å². The molecule has 2 unspecified atom stereocenters. The lowest BCUT2D eigenvalue weighted by Crippen LogP contribution is -2.05. The molecule has 1 heterocycles. The van der Waals surface area contributed by atoms with E-state index in [0.29, 0.717) is 0 Å². The molecule has 1 aliphatic rings. The Labute approximate surface area is 115 Å². The molecule has 0 saturated heterocycles. The number of methoxy groups -OCH3 is 1. The second-order valence-corrected chi connectivity index (χ2v) is 5.35. The number of hydrogen-bond acceptors (Lipinski definition) is 3. The largest absolute Gasteiger partial charge is 0.496 e. The molecule has 19 heavy (non-hydrogen) atoms. The second-order valence-electron chi connectivity index (χ2n) is 5.35. The van der Waals surface area contributed by atoms with Crippen LogP contribution >= 0.6 is 0 Å². The van der Waals surface area contributed by atoms with Gasteiger partial charge in [0.25, 0.3) is 0 Å². The van der Waals surface area contributed by atoms with Crippen LogP contribution in [0.4, 0.5) is 0 Å². The van der Waals surface area contributed by atoms with Gasteiger partial charge in [-0.15, -0.1) is 0 Å². The van der Waals surface area contributed by atoms with Gasteiger partial charge in [-0.3, -0.25) is 0 Å². The fourth-order valence-electron chi connectivity index (χ4n) is 2.64. The molecule has 2 rings (SSSR count). The molecule has 1 aromatic carbocycles. The van der Waals surface area contributed by atoms with Gasteiger partial charge >= 0.3 is 0 Å². The van der Waals surface area contributed by atoms with Crippen LogP contribution in [0, 0.1) is 0 Å². The van der Waals surface area contributed by atoms with E-state index in [0.717, 1.165) is 49.2 Å². The summed E-state index contributed by atoms with van der Waals surface area (Å²) in [7, 11) is 1.66. The summed E-state index contributed by atoms with van der Waals surface area (Å²) in [5.41, 5.74) is 2.03. The van der Waals surface area contributed by atoms with Gasteiger partial charge in [0.15, 0.2) is 0 Å². The highest BCUT2D eigenvalue weighted by atomic mass is 16.5. The van der Waals surface area contributed by atoms with Crippen LogP contribution in [0.15, 0.2) is 12.1 Å². The average molecular weight is 264 g/mol. The monoisotopic (exact) mass is 264 g/mol. The van der Waals surface area contributed by atoms with Crippen molar-refractivity contribution >= 4 is 0 Å². The zero-order chi connectivity index (χ0) is 13.8. The molecule has 1 aliphatic heterocycles. The summed E-state index contributed by atoms with van der Waals surface area (Å²) in [6.07, 6.45) is 4.79. The first kappa shape index (κ1) is 14.2.